The first kappa shape index (κ1) is 20.4. The lowest BCUT2D eigenvalue weighted by molar-refractivity contribution is -0.128. The molecule has 1 fully saturated rings. The zero-order valence-electron chi connectivity index (χ0n) is 15.2. The van der Waals surface area contributed by atoms with E-state index in [4.69, 9.17) is 0 Å². The van der Waals surface area contributed by atoms with Crippen molar-refractivity contribution in [1.82, 2.24) is 15.4 Å². The van der Waals surface area contributed by atoms with Crippen molar-refractivity contribution in [2.75, 3.05) is 6.54 Å². The lowest BCUT2D eigenvalue weighted by Crippen LogP contribution is -2.38. The van der Waals surface area contributed by atoms with Gasteiger partial charge in [-0.2, -0.15) is 0 Å². The van der Waals surface area contributed by atoms with Crippen molar-refractivity contribution >= 4 is 21.8 Å². The van der Waals surface area contributed by atoms with Crippen molar-refractivity contribution in [2.45, 2.75) is 57.0 Å². The summed E-state index contributed by atoms with van der Waals surface area (Å²) >= 11 is 0. The second-order valence-corrected chi connectivity index (χ2v) is 8.61. The summed E-state index contributed by atoms with van der Waals surface area (Å²) in [5.74, 6) is -0.339. The van der Waals surface area contributed by atoms with Crippen LogP contribution >= 0.6 is 0 Å². The van der Waals surface area contributed by atoms with Crippen LogP contribution in [0.1, 0.15) is 45.1 Å². The highest BCUT2D eigenvalue weighted by Crippen LogP contribution is 2.24. The van der Waals surface area contributed by atoms with Gasteiger partial charge >= 0.3 is 0 Å². The molecule has 2 rings (SSSR count). The first-order valence-electron chi connectivity index (χ1n) is 8.93. The monoisotopic (exact) mass is 381 g/mol. The van der Waals surface area contributed by atoms with Gasteiger partial charge in [-0.3, -0.25) is 9.59 Å². The lowest BCUT2D eigenvalue weighted by atomic mass is 10.1. The predicted octanol–water partition coefficient (Wildman–Crippen LogP) is 1.30. The van der Waals surface area contributed by atoms with Crippen LogP contribution < -0.4 is 15.4 Å². The van der Waals surface area contributed by atoms with Gasteiger partial charge in [0.1, 0.15) is 0 Å². The summed E-state index contributed by atoms with van der Waals surface area (Å²) in [6, 6.07) is 6.22. The van der Waals surface area contributed by atoms with Gasteiger partial charge in [0.2, 0.25) is 21.8 Å². The molecule has 0 bridgehead atoms. The fourth-order valence-electron chi connectivity index (χ4n) is 2.96. The number of carbonyl (C=O) groups is 2. The number of benzene rings is 1. The van der Waals surface area contributed by atoms with Gasteiger partial charge in [-0.05, 0) is 44.4 Å². The summed E-state index contributed by atoms with van der Waals surface area (Å²) in [7, 11) is -3.57. The average Bonchev–Trinajstić information content (AvgIpc) is 3.11. The summed E-state index contributed by atoms with van der Waals surface area (Å²) in [5.41, 5.74) is 0.673. The van der Waals surface area contributed by atoms with Gasteiger partial charge in [0.05, 0.1) is 11.4 Å². The van der Waals surface area contributed by atoms with E-state index >= 15 is 0 Å². The third-order valence-electron chi connectivity index (χ3n) is 4.24. The Balaban J connectivity index is 1.84. The smallest absolute Gasteiger partial charge is 0.240 e. The Kier molecular flexibility index (Phi) is 7.16. The second-order valence-electron chi connectivity index (χ2n) is 6.90. The molecular weight excluding hydrogens is 354 g/mol. The molecule has 0 aliphatic heterocycles. The van der Waals surface area contributed by atoms with E-state index in [-0.39, 0.29) is 41.8 Å². The van der Waals surface area contributed by atoms with Crippen LogP contribution in [0.25, 0.3) is 0 Å². The number of carbonyl (C=O) groups excluding carboxylic acids is 2. The summed E-state index contributed by atoms with van der Waals surface area (Å²) in [5, 5.41) is 5.36. The van der Waals surface area contributed by atoms with E-state index in [2.05, 4.69) is 15.4 Å². The Hall–Kier alpha value is -1.93. The highest BCUT2D eigenvalue weighted by atomic mass is 32.2. The standard InChI is InChI=1S/C18H27N3O4S/c1-13(2)21-26(24,25)16-9-5-6-14(10-16)11-19-17(22)12-20-18(23)15-7-3-4-8-15/h5-6,9-10,13,15,21H,3-4,7-8,11-12H2,1-2H3,(H,19,22)(H,20,23). The Morgan fingerprint density at radius 3 is 2.50 bits per heavy atom. The van der Waals surface area contributed by atoms with Gasteiger partial charge < -0.3 is 10.6 Å². The van der Waals surface area contributed by atoms with E-state index < -0.39 is 10.0 Å². The summed E-state index contributed by atoms with van der Waals surface area (Å²) < 4.78 is 26.9. The molecule has 0 unspecified atom stereocenters. The Morgan fingerprint density at radius 1 is 1.15 bits per heavy atom. The molecular formula is C18H27N3O4S. The maximum Gasteiger partial charge on any atom is 0.240 e. The van der Waals surface area contributed by atoms with Crippen LogP contribution in [-0.4, -0.2) is 32.8 Å². The molecule has 8 heteroatoms. The van der Waals surface area contributed by atoms with E-state index in [1.165, 1.54) is 12.1 Å². The third kappa shape index (κ3) is 6.10. The SMILES string of the molecule is CC(C)NS(=O)(=O)c1cccc(CNC(=O)CNC(=O)C2CCCC2)c1. The molecule has 0 radical (unpaired) electrons. The number of sulfonamides is 1. The number of hydrogen-bond donors (Lipinski definition) is 3. The van der Waals surface area contributed by atoms with Crippen molar-refractivity contribution in [1.29, 1.82) is 0 Å². The van der Waals surface area contributed by atoms with E-state index in [1.807, 2.05) is 0 Å². The molecule has 2 amide bonds. The van der Waals surface area contributed by atoms with Crippen LogP contribution in [0.15, 0.2) is 29.2 Å². The summed E-state index contributed by atoms with van der Waals surface area (Å²) in [4.78, 5) is 24.0. The minimum atomic E-state index is -3.57. The quantitative estimate of drug-likeness (QED) is 0.631. The van der Waals surface area contributed by atoms with Crippen molar-refractivity contribution in [3.63, 3.8) is 0 Å². The molecule has 0 saturated heterocycles. The zero-order valence-corrected chi connectivity index (χ0v) is 16.1. The lowest BCUT2D eigenvalue weighted by Gasteiger charge is -2.12. The van der Waals surface area contributed by atoms with Crippen LogP contribution in [0.2, 0.25) is 0 Å². The molecule has 0 heterocycles. The van der Waals surface area contributed by atoms with Crippen LogP contribution in [0.5, 0.6) is 0 Å². The topological polar surface area (TPSA) is 104 Å². The molecule has 0 atom stereocenters. The van der Waals surface area contributed by atoms with Gasteiger partial charge in [0.15, 0.2) is 0 Å². The number of amides is 2. The van der Waals surface area contributed by atoms with Crippen molar-refractivity contribution in [2.24, 2.45) is 5.92 Å². The molecule has 0 spiro atoms. The normalized spacial score (nSPS) is 15.2. The molecule has 1 aromatic rings. The minimum Gasteiger partial charge on any atom is -0.350 e. The fraction of sp³-hybridized carbons (Fsp3) is 0.556. The largest absolute Gasteiger partial charge is 0.350 e. The average molecular weight is 381 g/mol. The van der Waals surface area contributed by atoms with E-state index in [1.54, 1.807) is 26.0 Å². The number of hydrogen-bond acceptors (Lipinski definition) is 4. The van der Waals surface area contributed by atoms with E-state index in [9.17, 15) is 18.0 Å². The van der Waals surface area contributed by atoms with Crippen LogP contribution in [0.3, 0.4) is 0 Å². The second kappa shape index (κ2) is 9.14. The highest BCUT2D eigenvalue weighted by molar-refractivity contribution is 7.89. The zero-order chi connectivity index (χ0) is 19.2. The molecule has 3 N–H and O–H groups in total. The fourth-order valence-corrected chi connectivity index (χ4v) is 4.28. The predicted molar refractivity (Wildman–Crippen MR) is 98.7 cm³/mol. The molecule has 1 aliphatic rings. The van der Waals surface area contributed by atoms with Gasteiger partial charge in [-0.1, -0.05) is 25.0 Å². The van der Waals surface area contributed by atoms with E-state index in [0.717, 1.165) is 25.7 Å². The number of rotatable bonds is 8. The molecule has 0 aromatic heterocycles. The van der Waals surface area contributed by atoms with Gasteiger partial charge in [0.25, 0.3) is 0 Å². The molecule has 1 saturated carbocycles. The first-order chi connectivity index (χ1) is 12.3. The van der Waals surface area contributed by atoms with Crippen molar-refractivity contribution < 1.29 is 18.0 Å². The van der Waals surface area contributed by atoms with Crippen molar-refractivity contribution in [3.05, 3.63) is 29.8 Å². The number of nitrogens with one attached hydrogen (secondary N) is 3. The Morgan fingerprint density at radius 2 is 1.85 bits per heavy atom. The molecule has 1 aromatic carbocycles. The van der Waals surface area contributed by atoms with E-state index in [0.29, 0.717) is 5.56 Å². The van der Waals surface area contributed by atoms with Gasteiger partial charge in [0, 0.05) is 18.5 Å². The molecule has 1 aliphatic carbocycles. The van der Waals surface area contributed by atoms with Crippen LogP contribution in [0, 0.1) is 5.92 Å². The van der Waals surface area contributed by atoms with Crippen LogP contribution in [0.4, 0.5) is 0 Å². The molecule has 144 valence electrons. The van der Waals surface area contributed by atoms with Crippen molar-refractivity contribution in [3.8, 4) is 0 Å². The first-order valence-corrected chi connectivity index (χ1v) is 10.4. The maximum atomic E-state index is 12.2. The summed E-state index contributed by atoms with van der Waals surface area (Å²) in [6.45, 7) is 3.63. The molecule has 7 nitrogen and oxygen atoms in total. The van der Waals surface area contributed by atoms with Crippen LogP contribution in [-0.2, 0) is 26.2 Å². The Labute approximate surface area is 155 Å². The minimum absolute atomic E-state index is 0.0261. The highest BCUT2D eigenvalue weighted by Gasteiger charge is 2.22. The third-order valence-corrected chi connectivity index (χ3v) is 5.89. The van der Waals surface area contributed by atoms with Gasteiger partial charge in [-0.25, -0.2) is 13.1 Å². The summed E-state index contributed by atoms with van der Waals surface area (Å²) in [6.07, 6.45) is 3.91. The Bertz CT molecular complexity index is 741. The van der Waals surface area contributed by atoms with Gasteiger partial charge in [-0.15, -0.1) is 0 Å². The molecule has 26 heavy (non-hydrogen) atoms. The maximum absolute atomic E-state index is 12.2.